The van der Waals surface area contributed by atoms with E-state index in [1.54, 1.807) is 30.0 Å². The van der Waals surface area contributed by atoms with Gasteiger partial charge in [-0.3, -0.25) is 9.69 Å². The summed E-state index contributed by atoms with van der Waals surface area (Å²) in [6.45, 7) is 3.36. The molecule has 3 heterocycles. The average Bonchev–Trinajstić information content (AvgIpc) is 3.11. The molecular weight excluding hydrogens is 330 g/mol. The quantitative estimate of drug-likeness (QED) is 0.755. The lowest BCUT2D eigenvalue weighted by atomic mass is 10.00. The molecule has 0 atom stereocenters. The molecule has 0 saturated heterocycles. The molecule has 0 spiro atoms. The molecular formula is C19H21N5O2. The number of aromatic nitrogens is 3. The molecule has 1 amide bonds. The van der Waals surface area contributed by atoms with Gasteiger partial charge in [-0.25, -0.2) is 9.50 Å². The molecule has 2 aromatic heterocycles. The van der Waals surface area contributed by atoms with Crippen LogP contribution in [-0.4, -0.2) is 52.1 Å². The number of fused-ring (bicyclic) bond motifs is 2. The molecule has 0 aliphatic carbocycles. The van der Waals surface area contributed by atoms with Crippen molar-refractivity contribution in [1.82, 2.24) is 24.8 Å². The number of nitrogens with zero attached hydrogens (tertiary/aromatic N) is 4. The van der Waals surface area contributed by atoms with Crippen LogP contribution in [-0.2, 0) is 13.0 Å². The predicted octanol–water partition coefficient (Wildman–Crippen LogP) is 1.53. The molecule has 134 valence electrons. The summed E-state index contributed by atoms with van der Waals surface area (Å²) in [6.07, 6.45) is 2.67. The number of nitrogens with one attached hydrogen (secondary N) is 1. The molecule has 1 aromatic carbocycles. The molecule has 0 radical (unpaired) electrons. The van der Waals surface area contributed by atoms with E-state index in [1.165, 1.54) is 11.1 Å². The van der Waals surface area contributed by atoms with Crippen molar-refractivity contribution in [2.24, 2.45) is 0 Å². The zero-order valence-electron chi connectivity index (χ0n) is 14.7. The Morgan fingerprint density at radius 2 is 2.08 bits per heavy atom. The summed E-state index contributed by atoms with van der Waals surface area (Å²) in [5.41, 5.74) is 3.78. The van der Waals surface area contributed by atoms with Gasteiger partial charge in [0, 0.05) is 32.2 Å². The molecule has 1 aliphatic rings. The first kappa shape index (κ1) is 16.5. The molecule has 0 unspecified atom stereocenters. The number of ether oxygens (including phenoxy) is 1. The molecule has 0 saturated carbocycles. The Morgan fingerprint density at radius 3 is 2.92 bits per heavy atom. The number of hydrogen-bond acceptors (Lipinski definition) is 5. The monoisotopic (exact) mass is 351 g/mol. The number of amides is 1. The molecule has 3 aromatic rings. The van der Waals surface area contributed by atoms with Gasteiger partial charge in [0.15, 0.2) is 5.65 Å². The van der Waals surface area contributed by atoms with Crippen molar-refractivity contribution in [3.8, 4) is 5.88 Å². The predicted molar refractivity (Wildman–Crippen MR) is 97.3 cm³/mol. The number of carbonyl (C=O) groups excluding carboxylic acids is 1. The van der Waals surface area contributed by atoms with E-state index < -0.39 is 0 Å². The Balaban J connectivity index is 1.33. The highest BCUT2D eigenvalue weighted by Crippen LogP contribution is 2.17. The second-order valence-corrected chi connectivity index (χ2v) is 6.36. The molecule has 7 nitrogen and oxygen atoms in total. The zero-order valence-corrected chi connectivity index (χ0v) is 14.7. The van der Waals surface area contributed by atoms with Gasteiger partial charge in [0.05, 0.1) is 13.3 Å². The summed E-state index contributed by atoms with van der Waals surface area (Å²) in [7, 11) is 1.55. The standard InChI is InChI=1S/C19H21N5O2/c1-26-18-7-6-17-21-16(13-24(17)22-18)19(25)20-9-11-23-10-8-14-4-2-3-5-15(14)12-23/h2-7,13H,8-12H2,1H3,(H,20,25). The van der Waals surface area contributed by atoms with Crippen molar-refractivity contribution in [2.45, 2.75) is 13.0 Å². The third kappa shape index (κ3) is 3.39. The van der Waals surface area contributed by atoms with Crippen molar-refractivity contribution in [3.63, 3.8) is 0 Å². The third-order valence-electron chi connectivity index (χ3n) is 4.66. The number of methoxy groups -OCH3 is 1. The number of imidazole rings is 1. The van der Waals surface area contributed by atoms with Gasteiger partial charge in [-0.2, -0.15) is 0 Å². The van der Waals surface area contributed by atoms with Crippen LogP contribution in [0.15, 0.2) is 42.6 Å². The van der Waals surface area contributed by atoms with E-state index in [1.807, 2.05) is 0 Å². The smallest absolute Gasteiger partial charge is 0.271 e. The molecule has 0 fully saturated rings. The topological polar surface area (TPSA) is 71.8 Å². The minimum atomic E-state index is -0.188. The van der Waals surface area contributed by atoms with Crippen LogP contribution in [0.2, 0.25) is 0 Å². The second-order valence-electron chi connectivity index (χ2n) is 6.36. The normalized spacial score (nSPS) is 14.2. The zero-order chi connectivity index (χ0) is 17.9. The highest BCUT2D eigenvalue weighted by atomic mass is 16.5. The first-order valence-electron chi connectivity index (χ1n) is 8.71. The summed E-state index contributed by atoms with van der Waals surface area (Å²) in [4.78, 5) is 19.0. The second kappa shape index (κ2) is 7.13. The first-order chi connectivity index (χ1) is 12.7. The Morgan fingerprint density at radius 1 is 1.23 bits per heavy atom. The maximum atomic E-state index is 12.3. The van der Waals surface area contributed by atoms with E-state index in [9.17, 15) is 4.79 Å². The van der Waals surface area contributed by atoms with E-state index in [2.05, 4.69) is 44.6 Å². The fourth-order valence-corrected chi connectivity index (χ4v) is 3.25. The van der Waals surface area contributed by atoms with Gasteiger partial charge >= 0.3 is 0 Å². The molecule has 26 heavy (non-hydrogen) atoms. The van der Waals surface area contributed by atoms with E-state index >= 15 is 0 Å². The summed E-state index contributed by atoms with van der Waals surface area (Å²) in [6, 6.07) is 12.0. The van der Waals surface area contributed by atoms with Gasteiger partial charge in [-0.15, -0.1) is 5.10 Å². The van der Waals surface area contributed by atoms with Gasteiger partial charge < -0.3 is 10.1 Å². The highest BCUT2D eigenvalue weighted by Gasteiger charge is 2.16. The number of benzene rings is 1. The number of rotatable bonds is 5. The number of carbonyl (C=O) groups is 1. The fourth-order valence-electron chi connectivity index (χ4n) is 3.25. The van der Waals surface area contributed by atoms with E-state index in [4.69, 9.17) is 4.74 Å². The molecule has 1 aliphatic heterocycles. The summed E-state index contributed by atoms with van der Waals surface area (Å²) in [5.74, 6) is 0.291. The van der Waals surface area contributed by atoms with Crippen LogP contribution in [0, 0.1) is 0 Å². The van der Waals surface area contributed by atoms with Crippen LogP contribution in [0.3, 0.4) is 0 Å². The van der Waals surface area contributed by atoms with Gasteiger partial charge in [0.25, 0.3) is 5.91 Å². The lowest BCUT2D eigenvalue weighted by molar-refractivity contribution is 0.0943. The molecule has 0 bridgehead atoms. The van der Waals surface area contributed by atoms with Crippen molar-refractivity contribution in [3.05, 3.63) is 59.4 Å². The number of hydrogen-bond donors (Lipinski definition) is 1. The van der Waals surface area contributed by atoms with E-state index in [0.717, 1.165) is 26.1 Å². The SMILES string of the molecule is COc1ccc2nc(C(=O)NCCN3CCc4ccccc4C3)cn2n1. The highest BCUT2D eigenvalue weighted by molar-refractivity contribution is 5.92. The van der Waals surface area contributed by atoms with Gasteiger partial charge in [-0.1, -0.05) is 24.3 Å². The van der Waals surface area contributed by atoms with Crippen LogP contribution >= 0.6 is 0 Å². The summed E-state index contributed by atoms with van der Waals surface area (Å²) < 4.78 is 6.63. The maximum Gasteiger partial charge on any atom is 0.271 e. The van der Waals surface area contributed by atoms with Crippen molar-refractivity contribution >= 4 is 11.6 Å². The average molecular weight is 351 g/mol. The largest absolute Gasteiger partial charge is 0.480 e. The Bertz CT molecular complexity index is 937. The van der Waals surface area contributed by atoms with Crippen molar-refractivity contribution in [1.29, 1.82) is 0 Å². The first-order valence-corrected chi connectivity index (χ1v) is 8.71. The van der Waals surface area contributed by atoms with Gasteiger partial charge in [0.1, 0.15) is 5.69 Å². The lowest BCUT2D eigenvalue weighted by Crippen LogP contribution is -2.37. The van der Waals surface area contributed by atoms with E-state index in [-0.39, 0.29) is 5.91 Å². The molecule has 1 N–H and O–H groups in total. The van der Waals surface area contributed by atoms with Crippen LogP contribution in [0.4, 0.5) is 0 Å². The summed E-state index contributed by atoms with van der Waals surface area (Å²) in [5, 5.41) is 7.16. The molecule has 7 heteroatoms. The van der Waals surface area contributed by atoms with E-state index in [0.29, 0.717) is 23.8 Å². The van der Waals surface area contributed by atoms with Gasteiger partial charge in [-0.05, 0) is 23.6 Å². The van der Waals surface area contributed by atoms with Crippen molar-refractivity contribution in [2.75, 3.05) is 26.7 Å². The van der Waals surface area contributed by atoms with Crippen LogP contribution < -0.4 is 10.1 Å². The van der Waals surface area contributed by atoms with Crippen LogP contribution in [0.25, 0.3) is 5.65 Å². The third-order valence-corrected chi connectivity index (χ3v) is 4.66. The van der Waals surface area contributed by atoms with Crippen molar-refractivity contribution < 1.29 is 9.53 Å². The van der Waals surface area contributed by atoms with Crippen LogP contribution in [0.5, 0.6) is 5.88 Å². The maximum absolute atomic E-state index is 12.3. The minimum Gasteiger partial charge on any atom is -0.480 e. The fraction of sp³-hybridized carbons (Fsp3) is 0.316. The minimum absolute atomic E-state index is 0.188. The Kier molecular flexibility index (Phi) is 4.53. The summed E-state index contributed by atoms with van der Waals surface area (Å²) >= 11 is 0. The van der Waals surface area contributed by atoms with Gasteiger partial charge in [0.2, 0.25) is 5.88 Å². The molecule has 4 rings (SSSR count). The Labute approximate surface area is 151 Å². The lowest BCUT2D eigenvalue weighted by Gasteiger charge is -2.28. The van der Waals surface area contributed by atoms with Crippen LogP contribution in [0.1, 0.15) is 21.6 Å². The Hall–Kier alpha value is -2.93.